The van der Waals surface area contributed by atoms with Crippen LogP contribution in [0, 0.1) is 0 Å². The molecule has 0 radical (unpaired) electrons. The summed E-state index contributed by atoms with van der Waals surface area (Å²) in [5.74, 6) is -0.254. The molecule has 1 aliphatic rings. The van der Waals surface area contributed by atoms with E-state index in [2.05, 4.69) is 9.97 Å². The molecule has 1 aliphatic carbocycles. The molecule has 0 aliphatic heterocycles. The number of carbonyl (C=O) groups is 1. The van der Waals surface area contributed by atoms with Crippen molar-refractivity contribution in [3.8, 4) is 11.3 Å². The second-order valence-electron chi connectivity index (χ2n) is 5.17. The zero-order valence-electron chi connectivity index (χ0n) is 11.8. The van der Waals surface area contributed by atoms with E-state index >= 15 is 0 Å². The average molecular weight is 294 g/mol. The molecule has 0 amide bonds. The van der Waals surface area contributed by atoms with Gasteiger partial charge in [-0.3, -0.25) is 18.7 Å². The molecule has 3 aromatic rings. The van der Waals surface area contributed by atoms with Crippen molar-refractivity contribution >= 4 is 16.9 Å². The van der Waals surface area contributed by atoms with E-state index in [4.69, 9.17) is 0 Å². The van der Waals surface area contributed by atoms with Gasteiger partial charge in [0.15, 0.2) is 11.2 Å². The van der Waals surface area contributed by atoms with Crippen LogP contribution in [0.4, 0.5) is 0 Å². The van der Waals surface area contributed by atoms with Gasteiger partial charge in [-0.1, -0.05) is 24.3 Å². The van der Waals surface area contributed by atoms with Gasteiger partial charge in [0.1, 0.15) is 11.4 Å². The van der Waals surface area contributed by atoms with Crippen LogP contribution in [0.15, 0.2) is 33.9 Å². The number of ketones is 1. The SMILES string of the molecule is Cn1c(=O)c2nc3c(nc2n(C)c1=O)-c1ccccc1C3=O. The Morgan fingerprint density at radius 1 is 0.864 bits per heavy atom. The van der Waals surface area contributed by atoms with E-state index in [1.54, 1.807) is 24.3 Å². The number of hydrogen-bond donors (Lipinski definition) is 0. The van der Waals surface area contributed by atoms with E-state index < -0.39 is 11.2 Å². The minimum atomic E-state index is -0.558. The fourth-order valence-electron chi connectivity index (χ4n) is 2.73. The standard InChI is InChI=1S/C15H10N4O3/c1-18-13-11(14(21)19(2)15(18)22)16-10-9(17-13)7-5-3-4-6-8(7)12(10)20/h3-6H,1-2H3. The van der Waals surface area contributed by atoms with Gasteiger partial charge in [0.05, 0.1) is 0 Å². The molecular weight excluding hydrogens is 284 g/mol. The molecule has 0 unspecified atom stereocenters. The number of benzene rings is 1. The summed E-state index contributed by atoms with van der Waals surface area (Å²) in [7, 11) is 2.89. The molecule has 0 saturated carbocycles. The van der Waals surface area contributed by atoms with Gasteiger partial charge in [0.25, 0.3) is 5.56 Å². The molecule has 7 nitrogen and oxygen atoms in total. The smallest absolute Gasteiger partial charge is 0.287 e. The van der Waals surface area contributed by atoms with Crippen molar-refractivity contribution in [1.82, 2.24) is 19.1 Å². The van der Waals surface area contributed by atoms with Crippen molar-refractivity contribution in [3.63, 3.8) is 0 Å². The predicted molar refractivity (Wildman–Crippen MR) is 78.9 cm³/mol. The maximum absolute atomic E-state index is 12.4. The molecule has 0 N–H and O–H groups in total. The molecule has 1 aromatic carbocycles. The third kappa shape index (κ3) is 1.37. The van der Waals surface area contributed by atoms with Gasteiger partial charge in [-0.15, -0.1) is 0 Å². The van der Waals surface area contributed by atoms with Crippen LogP contribution >= 0.6 is 0 Å². The summed E-state index contributed by atoms with van der Waals surface area (Å²) in [5, 5.41) is 0. The topological polar surface area (TPSA) is 86.8 Å². The molecular formula is C15H10N4O3. The third-order valence-electron chi connectivity index (χ3n) is 3.92. The van der Waals surface area contributed by atoms with Gasteiger partial charge in [-0.25, -0.2) is 14.8 Å². The number of carbonyl (C=O) groups excluding carboxylic acids is 1. The van der Waals surface area contributed by atoms with Crippen molar-refractivity contribution in [2.24, 2.45) is 14.1 Å². The van der Waals surface area contributed by atoms with Gasteiger partial charge in [0, 0.05) is 25.2 Å². The first-order valence-corrected chi connectivity index (χ1v) is 6.62. The lowest BCUT2D eigenvalue weighted by molar-refractivity contribution is 0.103. The number of hydrogen-bond acceptors (Lipinski definition) is 5. The van der Waals surface area contributed by atoms with Crippen molar-refractivity contribution in [1.29, 1.82) is 0 Å². The normalized spacial score (nSPS) is 12.5. The largest absolute Gasteiger partial charge is 0.332 e. The molecule has 108 valence electrons. The second kappa shape index (κ2) is 3.97. The lowest BCUT2D eigenvalue weighted by atomic mass is 10.1. The summed E-state index contributed by atoms with van der Waals surface area (Å²) in [6.07, 6.45) is 0. The Kier molecular flexibility index (Phi) is 2.28. The van der Waals surface area contributed by atoms with Gasteiger partial charge < -0.3 is 0 Å². The summed E-state index contributed by atoms with van der Waals surface area (Å²) in [6.45, 7) is 0. The lowest BCUT2D eigenvalue weighted by Gasteiger charge is -2.07. The summed E-state index contributed by atoms with van der Waals surface area (Å²) in [4.78, 5) is 45.2. The lowest BCUT2D eigenvalue weighted by Crippen LogP contribution is -2.38. The molecule has 0 bridgehead atoms. The fraction of sp³-hybridized carbons (Fsp3) is 0.133. The Labute approximate surface area is 123 Å². The first kappa shape index (κ1) is 12.6. The summed E-state index contributed by atoms with van der Waals surface area (Å²) in [6, 6.07) is 7.04. The highest BCUT2D eigenvalue weighted by Crippen LogP contribution is 2.34. The molecule has 0 fully saturated rings. The van der Waals surface area contributed by atoms with Crippen molar-refractivity contribution in [2.45, 2.75) is 0 Å². The molecule has 0 saturated heterocycles. The zero-order valence-corrected chi connectivity index (χ0v) is 11.8. The maximum Gasteiger partial charge on any atom is 0.332 e. The fourth-order valence-corrected chi connectivity index (χ4v) is 2.73. The summed E-state index contributed by atoms with van der Waals surface area (Å²) >= 11 is 0. The summed E-state index contributed by atoms with van der Waals surface area (Å²) in [5.41, 5.74) is 0.905. The molecule has 22 heavy (non-hydrogen) atoms. The Bertz CT molecular complexity index is 1110. The Morgan fingerprint density at radius 3 is 2.27 bits per heavy atom. The van der Waals surface area contributed by atoms with Crippen LogP contribution in [0.2, 0.25) is 0 Å². The van der Waals surface area contributed by atoms with E-state index in [-0.39, 0.29) is 22.6 Å². The maximum atomic E-state index is 12.4. The van der Waals surface area contributed by atoms with Crippen LogP contribution in [-0.2, 0) is 14.1 Å². The first-order valence-electron chi connectivity index (χ1n) is 6.62. The monoisotopic (exact) mass is 294 g/mol. The van der Waals surface area contributed by atoms with Crippen molar-refractivity contribution < 1.29 is 4.79 Å². The second-order valence-corrected chi connectivity index (χ2v) is 5.17. The van der Waals surface area contributed by atoms with E-state index in [0.717, 1.165) is 4.57 Å². The highest BCUT2D eigenvalue weighted by molar-refractivity contribution is 6.20. The van der Waals surface area contributed by atoms with E-state index in [1.165, 1.54) is 18.7 Å². The molecule has 4 rings (SSSR count). The number of aryl methyl sites for hydroxylation is 1. The molecule has 2 aromatic heterocycles. The molecule has 0 atom stereocenters. The highest BCUT2D eigenvalue weighted by Gasteiger charge is 2.30. The summed E-state index contributed by atoms with van der Waals surface area (Å²) < 4.78 is 2.21. The van der Waals surface area contributed by atoms with Gasteiger partial charge in [-0.2, -0.15) is 0 Å². The number of rotatable bonds is 0. The van der Waals surface area contributed by atoms with Crippen LogP contribution in [0.1, 0.15) is 16.1 Å². The molecule has 7 heteroatoms. The Balaban J connectivity index is 2.22. The van der Waals surface area contributed by atoms with Gasteiger partial charge in [-0.05, 0) is 0 Å². The van der Waals surface area contributed by atoms with Gasteiger partial charge in [0.2, 0.25) is 5.78 Å². The van der Waals surface area contributed by atoms with Crippen LogP contribution in [0.5, 0.6) is 0 Å². The third-order valence-corrected chi connectivity index (χ3v) is 3.92. The number of nitrogens with zero attached hydrogens (tertiary/aromatic N) is 4. The predicted octanol–water partition coefficient (Wildman–Crippen LogP) is 0.239. The number of aromatic nitrogens is 4. The van der Waals surface area contributed by atoms with Crippen molar-refractivity contribution in [2.75, 3.05) is 0 Å². The zero-order chi connectivity index (χ0) is 15.6. The van der Waals surface area contributed by atoms with E-state index in [9.17, 15) is 14.4 Å². The minimum Gasteiger partial charge on any atom is -0.287 e. The van der Waals surface area contributed by atoms with Gasteiger partial charge >= 0.3 is 5.69 Å². The Morgan fingerprint density at radius 2 is 1.55 bits per heavy atom. The number of fused-ring (bicyclic) bond motifs is 4. The minimum absolute atomic E-state index is 0.0181. The average Bonchev–Trinajstić information content (AvgIpc) is 2.82. The van der Waals surface area contributed by atoms with Crippen LogP contribution < -0.4 is 11.2 Å². The highest BCUT2D eigenvalue weighted by atomic mass is 16.2. The van der Waals surface area contributed by atoms with Crippen molar-refractivity contribution in [3.05, 3.63) is 56.4 Å². The van der Waals surface area contributed by atoms with E-state index in [0.29, 0.717) is 16.8 Å². The molecule has 2 heterocycles. The van der Waals surface area contributed by atoms with E-state index in [1.807, 2.05) is 0 Å². The quantitative estimate of drug-likeness (QED) is 0.463. The molecule has 0 spiro atoms. The first-order chi connectivity index (χ1) is 10.5. The van der Waals surface area contributed by atoms with Crippen LogP contribution in [0.25, 0.3) is 22.4 Å². The van der Waals surface area contributed by atoms with Crippen LogP contribution in [-0.4, -0.2) is 24.9 Å². The Hall–Kier alpha value is -3.09. The van der Waals surface area contributed by atoms with Crippen LogP contribution in [0.3, 0.4) is 0 Å².